The molecule has 3 nitrogen and oxygen atoms in total. The highest BCUT2D eigenvalue weighted by molar-refractivity contribution is 6.35. The Morgan fingerprint density at radius 3 is 2.33 bits per heavy atom. The number of ether oxygens (including phenoxy) is 1. The Morgan fingerprint density at radius 2 is 1.71 bits per heavy atom. The van der Waals surface area contributed by atoms with Crippen molar-refractivity contribution in [3.05, 3.63) is 58.1 Å². The summed E-state index contributed by atoms with van der Waals surface area (Å²) in [5.41, 5.74) is 0.332. The Morgan fingerprint density at radius 1 is 1.10 bits per heavy atom. The van der Waals surface area contributed by atoms with Crippen molar-refractivity contribution >= 4 is 34.8 Å². The van der Waals surface area contributed by atoms with Crippen molar-refractivity contribution in [2.45, 2.75) is 6.61 Å². The van der Waals surface area contributed by atoms with Crippen molar-refractivity contribution in [1.29, 1.82) is 0 Å². The van der Waals surface area contributed by atoms with Crippen molar-refractivity contribution in [2.75, 3.05) is 5.32 Å². The van der Waals surface area contributed by atoms with Gasteiger partial charge in [0.05, 0.1) is 5.56 Å². The van der Waals surface area contributed by atoms with Gasteiger partial charge in [0.25, 0.3) is 5.91 Å². The van der Waals surface area contributed by atoms with Crippen molar-refractivity contribution in [3.63, 3.8) is 0 Å². The Labute approximate surface area is 129 Å². The molecule has 0 saturated heterocycles. The van der Waals surface area contributed by atoms with Crippen molar-refractivity contribution in [1.82, 2.24) is 0 Å². The van der Waals surface area contributed by atoms with Crippen LogP contribution in [0.1, 0.15) is 10.4 Å². The number of amides is 1. The molecule has 0 heterocycles. The van der Waals surface area contributed by atoms with E-state index in [0.717, 1.165) is 0 Å². The van der Waals surface area contributed by atoms with Gasteiger partial charge in [0.2, 0.25) is 0 Å². The van der Waals surface area contributed by atoms with Gasteiger partial charge in [0, 0.05) is 15.7 Å². The molecule has 0 bridgehead atoms. The molecule has 0 fully saturated rings. The lowest BCUT2D eigenvalue weighted by molar-refractivity contribution is -0.0501. The molecule has 0 aliphatic carbocycles. The monoisotopic (exact) mass is 331 g/mol. The van der Waals surface area contributed by atoms with Gasteiger partial charge in [-0.2, -0.15) is 8.78 Å². The molecule has 0 saturated carbocycles. The van der Waals surface area contributed by atoms with E-state index in [1.54, 1.807) is 0 Å². The van der Waals surface area contributed by atoms with E-state index in [4.69, 9.17) is 23.2 Å². The lowest BCUT2D eigenvalue weighted by Crippen LogP contribution is -2.15. The Bertz CT molecular complexity index is 645. The van der Waals surface area contributed by atoms with Crippen LogP contribution in [0.15, 0.2) is 42.5 Å². The van der Waals surface area contributed by atoms with E-state index in [9.17, 15) is 13.6 Å². The second kappa shape index (κ2) is 6.74. The molecule has 110 valence electrons. The number of benzene rings is 2. The van der Waals surface area contributed by atoms with Gasteiger partial charge in [0.15, 0.2) is 0 Å². The molecule has 0 radical (unpaired) electrons. The van der Waals surface area contributed by atoms with E-state index in [2.05, 4.69) is 10.1 Å². The summed E-state index contributed by atoms with van der Waals surface area (Å²) < 4.78 is 28.9. The molecule has 21 heavy (non-hydrogen) atoms. The summed E-state index contributed by atoms with van der Waals surface area (Å²) in [6.45, 7) is -3.01. The SMILES string of the molecule is O=C(Nc1cc(Cl)cc(Cl)c1)c1ccccc1OC(F)F. The fourth-order valence-corrected chi connectivity index (χ4v) is 2.20. The van der Waals surface area contributed by atoms with Crippen LogP contribution < -0.4 is 10.1 Å². The number of halogens is 4. The highest BCUT2D eigenvalue weighted by Gasteiger charge is 2.15. The van der Waals surface area contributed by atoms with E-state index >= 15 is 0 Å². The first-order chi connectivity index (χ1) is 9.95. The maximum Gasteiger partial charge on any atom is 0.387 e. The maximum atomic E-state index is 12.3. The third kappa shape index (κ3) is 4.31. The number of hydrogen-bond donors (Lipinski definition) is 1. The molecule has 0 atom stereocenters. The first-order valence-corrected chi connectivity index (χ1v) is 6.52. The van der Waals surface area contributed by atoms with Gasteiger partial charge in [-0.1, -0.05) is 35.3 Å². The minimum Gasteiger partial charge on any atom is -0.434 e. The van der Waals surface area contributed by atoms with Crippen LogP contribution in [-0.4, -0.2) is 12.5 Å². The Hall–Kier alpha value is -1.85. The normalized spacial score (nSPS) is 10.5. The Balaban J connectivity index is 2.24. The third-order valence-corrected chi connectivity index (χ3v) is 2.90. The number of nitrogens with one attached hydrogen (secondary N) is 1. The average Bonchev–Trinajstić information content (AvgIpc) is 2.37. The fourth-order valence-electron chi connectivity index (χ4n) is 1.68. The van der Waals surface area contributed by atoms with E-state index in [0.29, 0.717) is 15.7 Å². The van der Waals surface area contributed by atoms with E-state index < -0.39 is 12.5 Å². The fraction of sp³-hybridized carbons (Fsp3) is 0.0714. The topological polar surface area (TPSA) is 38.3 Å². The van der Waals surface area contributed by atoms with E-state index in [1.165, 1.54) is 42.5 Å². The first-order valence-electron chi connectivity index (χ1n) is 5.77. The largest absolute Gasteiger partial charge is 0.434 e. The molecular formula is C14H9Cl2F2NO2. The zero-order valence-corrected chi connectivity index (χ0v) is 12.0. The van der Waals surface area contributed by atoms with E-state index in [-0.39, 0.29) is 11.3 Å². The lowest BCUT2D eigenvalue weighted by Gasteiger charge is -2.11. The molecule has 2 aromatic carbocycles. The molecular weight excluding hydrogens is 323 g/mol. The summed E-state index contributed by atoms with van der Waals surface area (Å²) in [6, 6.07) is 10.2. The van der Waals surface area contributed by atoms with Crippen LogP contribution >= 0.6 is 23.2 Å². The van der Waals surface area contributed by atoms with Crippen molar-refractivity contribution in [2.24, 2.45) is 0 Å². The number of para-hydroxylation sites is 1. The number of alkyl halides is 2. The van der Waals surface area contributed by atoms with Crippen LogP contribution in [0.3, 0.4) is 0 Å². The van der Waals surface area contributed by atoms with Gasteiger partial charge in [-0.05, 0) is 30.3 Å². The van der Waals surface area contributed by atoms with Crippen molar-refractivity contribution < 1.29 is 18.3 Å². The van der Waals surface area contributed by atoms with E-state index in [1.807, 2.05) is 0 Å². The standard InChI is InChI=1S/C14H9Cl2F2NO2/c15-8-5-9(16)7-10(6-8)19-13(20)11-3-1-2-4-12(11)21-14(17)18/h1-7,14H,(H,19,20). The average molecular weight is 332 g/mol. The van der Waals surface area contributed by atoms with Crippen LogP contribution in [0.5, 0.6) is 5.75 Å². The number of hydrogen-bond acceptors (Lipinski definition) is 2. The molecule has 1 N–H and O–H groups in total. The summed E-state index contributed by atoms with van der Waals surface area (Å²) in [4.78, 5) is 12.1. The summed E-state index contributed by atoms with van der Waals surface area (Å²) in [6.07, 6.45) is 0. The predicted octanol–water partition coefficient (Wildman–Crippen LogP) is 4.85. The summed E-state index contributed by atoms with van der Waals surface area (Å²) in [5.74, 6) is -0.817. The summed E-state index contributed by atoms with van der Waals surface area (Å²) in [5, 5.41) is 3.21. The second-order valence-corrected chi connectivity index (χ2v) is 4.86. The predicted molar refractivity (Wildman–Crippen MR) is 77.5 cm³/mol. The zero-order chi connectivity index (χ0) is 15.4. The second-order valence-electron chi connectivity index (χ2n) is 3.99. The minimum absolute atomic E-state index is 0.0195. The van der Waals surface area contributed by atoms with Gasteiger partial charge < -0.3 is 10.1 Å². The Kier molecular flexibility index (Phi) is 4.98. The first kappa shape index (κ1) is 15.5. The van der Waals surface area contributed by atoms with Crippen LogP contribution in [0.25, 0.3) is 0 Å². The highest BCUT2D eigenvalue weighted by Crippen LogP contribution is 2.25. The van der Waals surface area contributed by atoms with Crippen LogP contribution in [0.2, 0.25) is 10.0 Å². The quantitative estimate of drug-likeness (QED) is 0.869. The van der Waals surface area contributed by atoms with Crippen LogP contribution in [0, 0.1) is 0 Å². The number of carbonyl (C=O) groups is 1. The number of carbonyl (C=O) groups excluding carboxylic acids is 1. The molecule has 0 spiro atoms. The van der Waals surface area contributed by atoms with Gasteiger partial charge in [-0.15, -0.1) is 0 Å². The smallest absolute Gasteiger partial charge is 0.387 e. The molecule has 2 aromatic rings. The molecule has 2 rings (SSSR count). The molecule has 0 aromatic heterocycles. The molecule has 1 amide bonds. The van der Waals surface area contributed by atoms with Gasteiger partial charge >= 0.3 is 6.61 Å². The number of rotatable bonds is 4. The van der Waals surface area contributed by atoms with Crippen molar-refractivity contribution in [3.8, 4) is 5.75 Å². The van der Waals surface area contributed by atoms with Gasteiger partial charge in [-0.3, -0.25) is 4.79 Å². The summed E-state index contributed by atoms with van der Waals surface area (Å²) >= 11 is 11.6. The lowest BCUT2D eigenvalue weighted by atomic mass is 10.2. The van der Waals surface area contributed by atoms with Crippen LogP contribution in [-0.2, 0) is 0 Å². The van der Waals surface area contributed by atoms with Gasteiger partial charge in [0.1, 0.15) is 5.75 Å². The van der Waals surface area contributed by atoms with Gasteiger partial charge in [-0.25, -0.2) is 0 Å². The maximum absolute atomic E-state index is 12.3. The molecule has 0 aliphatic rings. The minimum atomic E-state index is -3.01. The number of anilines is 1. The highest BCUT2D eigenvalue weighted by atomic mass is 35.5. The third-order valence-electron chi connectivity index (χ3n) is 2.47. The molecule has 0 unspecified atom stereocenters. The zero-order valence-electron chi connectivity index (χ0n) is 10.4. The van der Waals surface area contributed by atoms with Crippen LogP contribution in [0.4, 0.5) is 14.5 Å². The summed E-state index contributed by atoms with van der Waals surface area (Å²) in [7, 11) is 0. The molecule has 7 heteroatoms. The molecule has 0 aliphatic heterocycles.